The van der Waals surface area contributed by atoms with E-state index < -0.39 is 5.56 Å². The molecule has 7 rings (SSSR count). The highest BCUT2D eigenvalue weighted by atomic mass is 16.5. The number of aromatic nitrogens is 2. The van der Waals surface area contributed by atoms with Crippen molar-refractivity contribution in [3.05, 3.63) is 80.7 Å². The molecular formula is C29H34N4O3. The molecule has 1 N–H and O–H groups in total. The minimum Gasteiger partial charge on any atom is -0.383 e. The molecule has 2 aromatic carbocycles. The van der Waals surface area contributed by atoms with Crippen LogP contribution < -0.4 is 21.9 Å². The van der Waals surface area contributed by atoms with Gasteiger partial charge in [-0.1, -0.05) is 30.3 Å². The number of anilines is 1. The van der Waals surface area contributed by atoms with Crippen molar-refractivity contribution < 1.29 is 4.74 Å². The van der Waals surface area contributed by atoms with Crippen LogP contribution in [0.4, 0.5) is 5.69 Å². The van der Waals surface area contributed by atoms with Crippen molar-refractivity contribution in [2.75, 3.05) is 19.1 Å². The summed E-state index contributed by atoms with van der Waals surface area (Å²) in [7, 11) is 1.62. The zero-order valence-electron chi connectivity index (χ0n) is 20.9. The van der Waals surface area contributed by atoms with Crippen LogP contribution in [-0.4, -0.2) is 22.9 Å². The first-order valence-corrected chi connectivity index (χ1v) is 13.2. The third-order valence-electron chi connectivity index (χ3n) is 8.61. The predicted molar refractivity (Wildman–Crippen MR) is 141 cm³/mol. The number of hydrogen-bond donors (Lipinski definition) is 1. The first-order valence-electron chi connectivity index (χ1n) is 13.2. The van der Waals surface area contributed by atoms with Crippen molar-refractivity contribution in [1.29, 1.82) is 0 Å². The maximum atomic E-state index is 14.2. The number of nitrogens with zero attached hydrogens (tertiary/aromatic N) is 3. The molecule has 0 aliphatic heterocycles. The number of fused-ring (bicyclic) bond motifs is 1. The van der Waals surface area contributed by atoms with Crippen LogP contribution in [0, 0.1) is 23.2 Å². The predicted octanol–water partition coefficient (Wildman–Crippen LogP) is 3.95. The van der Waals surface area contributed by atoms with E-state index in [1.807, 2.05) is 59.2 Å². The van der Waals surface area contributed by atoms with Gasteiger partial charge in [0.25, 0.3) is 11.1 Å². The summed E-state index contributed by atoms with van der Waals surface area (Å²) in [6.45, 7) is 1.35. The Kier molecular flexibility index (Phi) is 6.04. The molecular weight excluding hydrogens is 452 g/mol. The molecule has 0 saturated heterocycles. The van der Waals surface area contributed by atoms with Crippen LogP contribution in [0.5, 0.6) is 0 Å². The van der Waals surface area contributed by atoms with Crippen LogP contribution in [0.25, 0.3) is 11.0 Å². The van der Waals surface area contributed by atoms with E-state index in [2.05, 4.69) is 10.5 Å². The molecule has 0 atom stereocenters. The highest BCUT2D eigenvalue weighted by Gasteiger charge is 2.51. The topological polar surface area (TPSA) is 77.6 Å². The first kappa shape index (κ1) is 23.2. The zero-order chi connectivity index (χ0) is 24.7. The summed E-state index contributed by atoms with van der Waals surface area (Å²) >= 11 is 0. The molecule has 4 aliphatic rings. The van der Waals surface area contributed by atoms with Gasteiger partial charge in [0.15, 0.2) is 0 Å². The van der Waals surface area contributed by atoms with Gasteiger partial charge >= 0.3 is 0 Å². The third kappa shape index (κ3) is 4.19. The van der Waals surface area contributed by atoms with Crippen molar-refractivity contribution >= 4 is 16.7 Å². The number of hydrogen-bond acceptors (Lipinski definition) is 5. The number of ether oxygens (including phenoxy) is 1. The fourth-order valence-corrected chi connectivity index (χ4v) is 7.60. The van der Waals surface area contributed by atoms with Crippen molar-refractivity contribution in [3.63, 3.8) is 0 Å². The molecule has 0 unspecified atom stereocenters. The van der Waals surface area contributed by atoms with Gasteiger partial charge < -0.3 is 13.9 Å². The second kappa shape index (κ2) is 9.36. The smallest absolute Gasteiger partial charge is 0.284 e. The Morgan fingerprint density at radius 3 is 2.03 bits per heavy atom. The number of para-hydroxylation sites is 3. The molecule has 4 fully saturated rings. The molecule has 0 amide bonds. The monoisotopic (exact) mass is 486 g/mol. The van der Waals surface area contributed by atoms with E-state index in [-0.39, 0.29) is 16.3 Å². The van der Waals surface area contributed by atoms with Gasteiger partial charge in [-0.3, -0.25) is 15.0 Å². The van der Waals surface area contributed by atoms with Gasteiger partial charge in [-0.15, -0.1) is 0 Å². The minimum atomic E-state index is -0.402. The Hall–Kier alpha value is -3.19. The molecule has 0 radical (unpaired) electrons. The van der Waals surface area contributed by atoms with Crippen molar-refractivity contribution in [2.45, 2.75) is 51.6 Å². The van der Waals surface area contributed by atoms with Crippen LogP contribution in [0.1, 0.15) is 38.5 Å². The van der Waals surface area contributed by atoms with E-state index in [1.54, 1.807) is 11.7 Å². The maximum Gasteiger partial charge on any atom is 0.284 e. The second-order valence-electron chi connectivity index (χ2n) is 11.2. The molecule has 36 heavy (non-hydrogen) atoms. The lowest BCUT2D eigenvalue weighted by atomic mass is 9.49. The van der Waals surface area contributed by atoms with E-state index in [1.165, 1.54) is 38.5 Å². The molecule has 3 aromatic rings. The highest BCUT2D eigenvalue weighted by molar-refractivity contribution is 5.74. The Bertz CT molecular complexity index is 1420. The average Bonchev–Trinajstić information content (AvgIpc) is 2.94. The maximum absolute atomic E-state index is 14.2. The number of methoxy groups -OCH3 is 1. The van der Waals surface area contributed by atoms with Crippen LogP contribution in [0.2, 0.25) is 0 Å². The molecule has 4 aliphatic carbocycles. The van der Waals surface area contributed by atoms with E-state index in [9.17, 15) is 9.59 Å². The molecule has 4 bridgehead atoms. The molecule has 0 spiro atoms. The van der Waals surface area contributed by atoms with Gasteiger partial charge in [0.2, 0.25) is 5.36 Å². The van der Waals surface area contributed by atoms with Gasteiger partial charge in [0.05, 0.1) is 23.3 Å². The van der Waals surface area contributed by atoms with Crippen molar-refractivity contribution in [2.24, 2.45) is 28.3 Å². The summed E-state index contributed by atoms with van der Waals surface area (Å²) < 4.78 is 8.81. The van der Waals surface area contributed by atoms with Crippen LogP contribution in [0.3, 0.4) is 0 Å². The second-order valence-corrected chi connectivity index (χ2v) is 11.2. The fraction of sp³-hybridized carbons (Fsp3) is 0.483. The molecule has 1 heterocycles. The Morgan fingerprint density at radius 1 is 0.861 bits per heavy atom. The molecule has 7 heteroatoms. The molecule has 188 valence electrons. The number of nitrogens with one attached hydrogen (secondary N) is 1. The Labute approximate surface area is 210 Å². The van der Waals surface area contributed by atoms with Crippen LogP contribution in [0.15, 0.2) is 69.3 Å². The van der Waals surface area contributed by atoms with Gasteiger partial charge in [-0.25, -0.2) is 0 Å². The van der Waals surface area contributed by atoms with E-state index in [4.69, 9.17) is 4.74 Å². The SMILES string of the molecule is COCCn1c(=O)c(=NNc2ccccc2)c(=O)n(CC23CC4CC(CC(C4)C2)C3)c2ccccc21. The Morgan fingerprint density at radius 2 is 1.42 bits per heavy atom. The molecule has 4 saturated carbocycles. The quantitative estimate of drug-likeness (QED) is 0.513. The Balaban J connectivity index is 1.56. The van der Waals surface area contributed by atoms with Crippen molar-refractivity contribution in [3.8, 4) is 0 Å². The average molecular weight is 487 g/mol. The summed E-state index contributed by atoms with van der Waals surface area (Å²) in [5.74, 6) is 2.34. The molecule has 1 aromatic heterocycles. The molecule has 7 nitrogen and oxygen atoms in total. The van der Waals surface area contributed by atoms with E-state index in [0.29, 0.717) is 19.7 Å². The summed E-state index contributed by atoms with van der Waals surface area (Å²) in [4.78, 5) is 28.0. The lowest BCUT2D eigenvalue weighted by molar-refractivity contribution is -0.0617. The fourth-order valence-electron chi connectivity index (χ4n) is 7.60. The van der Waals surface area contributed by atoms with E-state index >= 15 is 0 Å². The summed E-state index contributed by atoms with van der Waals surface area (Å²) in [6.07, 6.45) is 7.59. The third-order valence-corrected chi connectivity index (χ3v) is 8.61. The summed E-state index contributed by atoms with van der Waals surface area (Å²) in [6, 6.07) is 17.2. The summed E-state index contributed by atoms with van der Waals surface area (Å²) in [5.41, 5.74) is 4.59. The van der Waals surface area contributed by atoms with Gasteiger partial charge in [-0.2, -0.15) is 5.10 Å². The highest BCUT2D eigenvalue weighted by Crippen LogP contribution is 2.60. The standard InChI is InChI=1S/C29H34N4O3/c1-36-12-11-32-24-9-5-6-10-25(24)33(19-29-16-20-13-21(17-29)15-22(14-20)18-29)28(35)26(27(32)34)31-30-23-7-3-2-4-8-23/h2-10,20-22,30H,11-19H2,1H3. The van der Waals surface area contributed by atoms with Crippen molar-refractivity contribution in [1.82, 2.24) is 9.13 Å². The van der Waals surface area contributed by atoms with Gasteiger partial charge in [-0.05, 0) is 86.0 Å². The largest absolute Gasteiger partial charge is 0.383 e. The van der Waals surface area contributed by atoms with Crippen LogP contribution in [-0.2, 0) is 17.8 Å². The van der Waals surface area contributed by atoms with Gasteiger partial charge in [0, 0.05) is 20.2 Å². The minimum absolute atomic E-state index is 0.0871. The first-order chi connectivity index (χ1) is 17.5. The number of rotatable bonds is 7. The van der Waals surface area contributed by atoms with E-state index in [0.717, 1.165) is 34.5 Å². The normalized spacial score (nSPS) is 27.0. The summed E-state index contributed by atoms with van der Waals surface area (Å²) in [5, 5.41) is 4.32. The van der Waals surface area contributed by atoms with Gasteiger partial charge in [0.1, 0.15) is 0 Å². The number of benzene rings is 2. The lowest BCUT2D eigenvalue weighted by Crippen LogP contribution is -2.51. The lowest BCUT2D eigenvalue weighted by Gasteiger charge is -2.57. The van der Waals surface area contributed by atoms with Crippen LogP contribution >= 0.6 is 0 Å². The zero-order valence-corrected chi connectivity index (χ0v) is 20.9.